The van der Waals surface area contributed by atoms with Gasteiger partial charge in [-0.3, -0.25) is 9.59 Å². The van der Waals surface area contributed by atoms with E-state index in [1.54, 1.807) is 12.1 Å². The Balaban J connectivity index is 1.33. The highest BCUT2D eigenvalue weighted by Crippen LogP contribution is 2.34. The lowest BCUT2D eigenvalue weighted by atomic mass is 9.79. The number of pyridine rings is 1. The average Bonchev–Trinajstić information content (AvgIpc) is 3.37. The molecule has 1 fully saturated rings. The molecule has 232 valence electrons. The third-order valence-electron chi connectivity index (χ3n) is 8.88. The van der Waals surface area contributed by atoms with E-state index in [9.17, 15) is 9.59 Å². The van der Waals surface area contributed by atoms with E-state index in [1.165, 1.54) is 11.1 Å². The smallest absolute Gasteiger partial charge is 0.256 e. The molecule has 44 heavy (non-hydrogen) atoms. The minimum atomic E-state index is -0.676. The Hall–Kier alpha value is -3.97. The molecule has 1 N–H and O–H groups in total. The van der Waals surface area contributed by atoms with E-state index >= 15 is 0 Å². The molecule has 0 radical (unpaired) electrons. The molecular weight excluding hydrogens is 546 g/mol. The minimum Gasteiger partial charge on any atom is -0.339 e. The number of carbonyl (C=O) groups is 2. The first-order valence-electron chi connectivity index (χ1n) is 15.6. The van der Waals surface area contributed by atoms with Crippen LogP contribution in [0, 0.1) is 0 Å². The number of rotatable bonds is 5. The summed E-state index contributed by atoms with van der Waals surface area (Å²) in [4.78, 5) is 35.3. The van der Waals surface area contributed by atoms with Gasteiger partial charge in [0.05, 0.1) is 11.6 Å². The van der Waals surface area contributed by atoms with Crippen LogP contribution in [-0.2, 0) is 21.0 Å². The molecule has 2 aromatic carbocycles. The fraction of sp³-hybridized carbons (Fsp3) is 0.432. The molecule has 0 atom stereocenters. The monoisotopic (exact) mass is 593 g/mol. The molecule has 0 aliphatic carbocycles. The van der Waals surface area contributed by atoms with Crippen molar-refractivity contribution in [1.29, 1.82) is 0 Å². The Morgan fingerprint density at radius 3 is 1.86 bits per heavy atom. The first kappa shape index (κ1) is 31.5. The number of amides is 2. The van der Waals surface area contributed by atoms with E-state index in [2.05, 4.69) is 94.3 Å². The van der Waals surface area contributed by atoms with Crippen LogP contribution in [-0.4, -0.2) is 64.2 Å². The number of piperazine rings is 1. The summed E-state index contributed by atoms with van der Waals surface area (Å²) in [5.74, 6) is 0.364. The van der Waals surface area contributed by atoms with Crippen LogP contribution in [0.3, 0.4) is 0 Å². The molecule has 4 aromatic rings. The number of imidazole rings is 1. The summed E-state index contributed by atoms with van der Waals surface area (Å²) in [5.41, 5.74) is 6.41. The quantitative estimate of drug-likeness (QED) is 0.273. The van der Waals surface area contributed by atoms with Crippen LogP contribution < -0.4 is 5.32 Å². The summed E-state index contributed by atoms with van der Waals surface area (Å²) in [6, 6.07) is 18.3. The molecule has 1 aliphatic rings. The number of likely N-dealkylation sites (N-methyl/N-ethyl adjacent to an activating group) is 1. The molecule has 0 bridgehead atoms. The van der Waals surface area contributed by atoms with Crippen LogP contribution in [0.2, 0.25) is 0 Å². The summed E-state index contributed by atoms with van der Waals surface area (Å²) < 4.78 is 1.96. The molecule has 1 saturated heterocycles. The maximum atomic E-state index is 13.3. The number of carbonyl (C=O) groups excluding carboxylic acids is 2. The molecule has 3 heterocycles. The number of nitrogens with zero attached hydrogens (tertiary/aromatic N) is 4. The number of fused-ring (bicyclic) bond motifs is 1. The third kappa shape index (κ3) is 6.58. The van der Waals surface area contributed by atoms with Gasteiger partial charge in [0, 0.05) is 37.9 Å². The molecular formula is C37H47N5O2. The van der Waals surface area contributed by atoms with E-state index in [0.717, 1.165) is 48.5 Å². The second-order valence-corrected chi connectivity index (χ2v) is 14.9. The van der Waals surface area contributed by atoms with Crippen molar-refractivity contribution in [2.75, 3.05) is 38.5 Å². The summed E-state index contributed by atoms with van der Waals surface area (Å²) in [5, 5.41) is 2.95. The minimum absolute atomic E-state index is 0.0284. The van der Waals surface area contributed by atoms with Crippen molar-refractivity contribution in [1.82, 2.24) is 19.2 Å². The lowest BCUT2D eigenvalue weighted by molar-refractivity contribution is -0.137. The highest BCUT2D eigenvalue weighted by molar-refractivity contribution is 6.04. The highest BCUT2D eigenvalue weighted by atomic mass is 16.2. The van der Waals surface area contributed by atoms with Gasteiger partial charge in [-0.2, -0.15) is 0 Å². The fourth-order valence-corrected chi connectivity index (χ4v) is 5.64. The van der Waals surface area contributed by atoms with Crippen molar-refractivity contribution in [2.45, 2.75) is 71.6 Å². The van der Waals surface area contributed by atoms with Gasteiger partial charge in [-0.15, -0.1) is 0 Å². The van der Waals surface area contributed by atoms with Crippen molar-refractivity contribution < 1.29 is 9.59 Å². The number of benzene rings is 2. The van der Waals surface area contributed by atoms with Crippen molar-refractivity contribution >= 4 is 23.3 Å². The number of anilines is 1. The standard InChI is InChI=1S/C37H47N5O2/c1-35(2,3)29-20-27(21-30(22-29)36(4,5)6)26-12-15-32-38-31(24-42(32)23-26)39-33(43)25-10-13-28(14-11-25)37(7,8)34(44)41-18-16-40(9)17-19-41/h10-15,20-24H,16-19H2,1-9H3,(H,39,43). The molecule has 1 aliphatic heterocycles. The zero-order valence-electron chi connectivity index (χ0n) is 27.8. The van der Waals surface area contributed by atoms with E-state index in [4.69, 9.17) is 0 Å². The lowest BCUT2D eigenvalue weighted by Gasteiger charge is -2.37. The SMILES string of the molecule is CN1CCN(C(=O)C(C)(C)c2ccc(C(=O)Nc3cn4cc(-c5cc(C(C)(C)C)cc(C(C)(C)C)c5)ccc4n3)cc2)CC1. The predicted octanol–water partition coefficient (Wildman–Crippen LogP) is 6.90. The average molecular weight is 594 g/mol. The normalized spacial score (nSPS) is 15.1. The van der Waals surface area contributed by atoms with Gasteiger partial charge < -0.3 is 19.5 Å². The summed E-state index contributed by atoms with van der Waals surface area (Å²) >= 11 is 0. The van der Waals surface area contributed by atoms with Gasteiger partial charge >= 0.3 is 0 Å². The van der Waals surface area contributed by atoms with Gasteiger partial charge in [-0.25, -0.2) is 4.98 Å². The van der Waals surface area contributed by atoms with Crippen molar-refractivity contribution in [3.63, 3.8) is 0 Å². The number of hydrogen-bond donors (Lipinski definition) is 1. The second-order valence-electron chi connectivity index (χ2n) is 14.9. The van der Waals surface area contributed by atoms with Crippen LogP contribution in [0.4, 0.5) is 5.82 Å². The third-order valence-corrected chi connectivity index (χ3v) is 8.88. The Kier molecular flexibility index (Phi) is 8.23. The van der Waals surface area contributed by atoms with E-state index < -0.39 is 5.41 Å². The van der Waals surface area contributed by atoms with Gasteiger partial charge in [0.1, 0.15) is 5.65 Å². The number of aromatic nitrogens is 2. The zero-order valence-corrected chi connectivity index (χ0v) is 27.8. The molecule has 7 heteroatoms. The second kappa shape index (κ2) is 11.5. The van der Waals surface area contributed by atoms with Crippen molar-refractivity contribution in [2.24, 2.45) is 0 Å². The van der Waals surface area contributed by atoms with Gasteiger partial charge in [0.2, 0.25) is 5.91 Å². The van der Waals surface area contributed by atoms with Crippen LogP contribution in [0.25, 0.3) is 16.8 Å². The molecule has 2 aromatic heterocycles. The number of hydrogen-bond acceptors (Lipinski definition) is 4. The van der Waals surface area contributed by atoms with Gasteiger partial charge in [-0.05, 0) is 83.8 Å². The Morgan fingerprint density at radius 1 is 0.705 bits per heavy atom. The first-order chi connectivity index (χ1) is 20.5. The molecule has 2 amide bonds. The maximum absolute atomic E-state index is 13.3. The fourth-order valence-electron chi connectivity index (χ4n) is 5.64. The largest absolute Gasteiger partial charge is 0.339 e. The summed E-state index contributed by atoms with van der Waals surface area (Å²) in [6.45, 7) is 20.6. The van der Waals surface area contributed by atoms with E-state index in [0.29, 0.717) is 11.4 Å². The Labute approximate surface area is 262 Å². The first-order valence-corrected chi connectivity index (χ1v) is 15.6. The van der Waals surface area contributed by atoms with Gasteiger partial charge in [-0.1, -0.05) is 71.9 Å². The van der Waals surface area contributed by atoms with Crippen molar-refractivity contribution in [3.8, 4) is 11.1 Å². The van der Waals surface area contributed by atoms with Crippen LogP contribution in [0.5, 0.6) is 0 Å². The van der Waals surface area contributed by atoms with Gasteiger partial charge in [0.25, 0.3) is 5.91 Å². The topological polar surface area (TPSA) is 70.0 Å². The Morgan fingerprint density at radius 2 is 1.30 bits per heavy atom. The van der Waals surface area contributed by atoms with E-state index in [-0.39, 0.29) is 22.6 Å². The molecule has 0 saturated carbocycles. The molecule has 0 unspecified atom stereocenters. The van der Waals surface area contributed by atoms with E-state index in [1.807, 2.05) is 47.5 Å². The molecule has 5 rings (SSSR count). The Bertz CT molecular complexity index is 1650. The number of nitrogens with one attached hydrogen (secondary N) is 1. The van der Waals surface area contributed by atoms with Gasteiger partial charge in [0.15, 0.2) is 5.82 Å². The zero-order chi connectivity index (χ0) is 32.0. The highest BCUT2D eigenvalue weighted by Gasteiger charge is 2.35. The van der Waals surface area contributed by atoms with Crippen LogP contribution in [0.15, 0.2) is 67.0 Å². The molecule has 7 nitrogen and oxygen atoms in total. The van der Waals surface area contributed by atoms with Crippen LogP contribution in [0.1, 0.15) is 82.4 Å². The van der Waals surface area contributed by atoms with Crippen molar-refractivity contribution in [3.05, 3.63) is 89.2 Å². The molecule has 0 spiro atoms. The lowest BCUT2D eigenvalue weighted by Crippen LogP contribution is -2.52. The summed E-state index contributed by atoms with van der Waals surface area (Å²) in [6.07, 6.45) is 3.92. The summed E-state index contributed by atoms with van der Waals surface area (Å²) in [7, 11) is 2.08. The maximum Gasteiger partial charge on any atom is 0.256 e. The predicted molar refractivity (Wildman–Crippen MR) is 180 cm³/mol. The van der Waals surface area contributed by atoms with Crippen LogP contribution >= 0.6 is 0 Å².